The predicted octanol–water partition coefficient (Wildman–Crippen LogP) is 1.38. The molecule has 1 aliphatic heterocycles. The fourth-order valence-corrected chi connectivity index (χ4v) is 2.28. The highest BCUT2D eigenvalue weighted by Crippen LogP contribution is 2.16. The Morgan fingerprint density at radius 2 is 2.12 bits per heavy atom. The number of rotatable bonds is 4. The van der Waals surface area contributed by atoms with E-state index in [0.717, 1.165) is 24.5 Å². The minimum absolute atomic E-state index is 0.616. The van der Waals surface area contributed by atoms with E-state index in [-0.39, 0.29) is 0 Å². The Kier molecular flexibility index (Phi) is 3.89. The van der Waals surface area contributed by atoms with Gasteiger partial charge in [0.2, 0.25) is 5.95 Å². The third-order valence-corrected chi connectivity index (χ3v) is 3.49. The number of nitrogens with zero attached hydrogens (tertiary/aromatic N) is 4. The van der Waals surface area contributed by atoms with Crippen molar-refractivity contribution in [2.75, 3.05) is 25.0 Å². The van der Waals surface area contributed by atoms with Gasteiger partial charge in [0.1, 0.15) is 0 Å². The summed E-state index contributed by atoms with van der Waals surface area (Å²) < 4.78 is 0. The predicted molar refractivity (Wildman–Crippen MR) is 68.1 cm³/mol. The van der Waals surface area contributed by atoms with Crippen LogP contribution >= 0.6 is 0 Å². The molecule has 5 heteroatoms. The Hall–Kier alpha value is -1.23. The highest BCUT2D eigenvalue weighted by atomic mass is 15.3. The van der Waals surface area contributed by atoms with Gasteiger partial charge < -0.3 is 5.32 Å². The molecule has 1 saturated heterocycles. The molecule has 0 saturated carbocycles. The SMILES string of the molecule is CCN1CCCC1CNc1nnc(C)c(C)n1. The zero-order valence-corrected chi connectivity index (χ0v) is 10.9. The summed E-state index contributed by atoms with van der Waals surface area (Å²) in [6.45, 7) is 9.36. The van der Waals surface area contributed by atoms with Gasteiger partial charge in [-0.05, 0) is 39.8 Å². The van der Waals surface area contributed by atoms with Crippen LogP contribution in [-0.4, -0.2) is 45.8 Å². The maximum Gasteiger partial charge on any atom is 0.243 e. The van der Waals surface area contributed by atoms with Crippen molar-refractivity contribution in [3.8, 4) is 0 Å². The van der Waals surface area contributed by atoms with Crippen LogP contribution in [0.3, 0.4) is 0 Å². The van der Waals surface area contributed by atoms with Crippen molar-refractivity contribution in [2.45, 2.75) is 39.7 Å². The van der Waals surface area contributed by atoms with Crippen LogP contribution in [0.2, 0.25) is 0 Å². The molecule has 1 atom stereocenters. The maximum absolute atomic E-state index is 4.38. The summed E-state index contributed by atoms with van der Waals surface area (Å²) in [5.74, 6) is 0.649. The van der Waals surface area contributed by atoms with Crippen molar-refractivity contribution in [3.05, 3.63) is 11.4 Å². The molecular weight excluding hydrogens is 214 g/mol. The molecule has 0 aromatic carbocycles. The number of likely N-dealkylation sites (tertiary alicyclic amines) is 1. The van der Waals surface area contributed by atoms with Crippen LogP contribution in [0, 0.1) is 13.8 Å². The Morgan fingerprint density at radius 1 is 1.29 bits per heavy atom. The number of likely N-dealkylation sites (N-methyl/N-ethyl adjacent to an activating group) is 1. The molecule has 0 aliphatic carbocycles. The molecule has 1 aromatic heterocycles. The van der Waals surface area contributed by atoms with Crippen molar-refractivity contribution in [3.63, 3.8) is 0 Å². The second-order valence-electron chi connectivity index (χ2n) is 4.61. The quantitative estimate of drug-likeness (QED) is 0.854. The van der Waals surface area contributed by atoms with Crippen molar-refractivity contribution < 1.29 is 0 Å². The highest BCUT2D eigenvalue weighted by Gasteiger charge is 2.22. The summed E-state index contributed by atoms with van der Waals surface area (Å²) in [5.41, 5.74) is 1.84. The molecule has 0 bridgehead atoms. The fourth-order valence-electron chi connectivity index (χ4n) is 2.28. The maximum atomic E-state index is 4.38. The van der Waals surface area contributed by atoms with Gasteiger partial charge in [-0.25, -0.2) is 4.98 Å². The summed E-state index contributed by atoms with van der Waals surface area (Å²) in [6.07, 6.45) is 2.56. The van der Waals surface area contributed by atoms with Gasteiger partial charge in [0.15, 0.2) is 0 Å². The lowest BCUT2D eigenvalue weighted by molar-refractivity contribution is 0.276. The van der Waals surface area contributed by atoms with E-state index in [1.807, 2.05) is 13.8 Å². The number of anilines is 1. The van der Waals surface area contributed by atoms with Crippen LogP contribution in [0.5, 0.6) is 0 Å². The van der Waals surface area contributed by atoms with Crippen LogP contribution in [0.4, 0.5) is 5.95 Å². The Morgan fingerprint density at radius 3 is 2.82 bits per heavy atom. The first kappa shape index (κ1) is 12.2. The summed E-state index contributed by atoms with van der Waals surface area (Å²) in [4.78, 5) is 6.88. The van der Waals surface area contributed by atoms with Gasteiger partial charge in [0.05, 0.1) is 11.4 Å². The zero-order valence-electron chi connectivity index (χ0n) is 10.9. The molecule has 94 valence electrons. The molecule has 1 N–H and O–H groups in total. The molecule has 5 nitrogen and oxygen atoms in total. The first-order chi connectivity index (χ1) is 8.20. The Labute approximate surface area is 103 Å². The van der Waals surface area contributed by atoms with Crippen molar-refractivity contribution >= 4 is 5.95 Å². The molecule has 0 spiro atoms. The van der Waals surface area contributed by atoms with E-state index in [0.29, 0.717) is 12.0 Å². The molecule has 2 heterocycles. The lowest BCUT2D eigenvalue weighted by Crippen LogP contribution is -2.35. The monoisotopic (exact) mass is 235 g/mol. The van der Waals surface area contributed by atoms with Crippen molar-refractivity contribution in [2.24, 2.45) is 0 Å². The average Bonchev–Trinajstić information content (AvgIpc) is 2.78. The fraction of sp³-hybridized carbons (Fsp3) is 0.750. The first-order valence-electron chi connectivity index (χ1n) is 6.36. The van der Waals surface area contributed by atoms with Crippen LogP contribution in [0.25, 0.3) is 0 Å². The minimum atomic E-state index is 0.616. The third kappa shape index (κ3) is 2.91. The van der Waals surface area contributed by atoms with Crippen LogP contribution < -0.4 is 5.32 Å². The lowest BCUT2D eigenvalue weighted by atomic mass is 10.2. The van der Waals surface area contributed by atoms with Crippen LogP contribution in [0.15, 0.2) is 0 Å². The van der Waals surface area contributed by atoms with Gasteiger partial charge in [-0.1, -0.05) is 6.92 Å². The van der Waals surface area contributed by atoms with E-state index in [9.17, 15) is 0 Å². The topological polar surface area (TPSA) is 53.9 Å². The van der Waals surface area contributed by atoms with Gasteiger partial charge >= 0.3 is 0 Å². The number of hydrogen-bond acceptors (Lipinski definition) is 5. The number of aryl methyl sites for hydroxylation is 2. The second kappa shape index (κ2) is 5.40. The van der Waals surface area contributed by atoms with E-state index in [2.05, 4.69) is 32.3 Å². The van der Waals surface area contributed by atoms with Gasteiger partial charge in [-0.15, -0.1) is 5.10 Å². The molecule has 0 amide bonds. The van der Waals surface area contributed by atoms with Gasteiger partial charge in [-0.3, -0.25) is 4.90 Å². The normalized spacial score (nSPS) is 20.8. The molecule has 0 radical (unpaired) electrons. The Bertz CT molecular complexity index is 379. The van der Waals surface area contributed by atoms with Gasteiger partial charge in [0, 0.05) is 12.6 Å². The van der Waals surface area contributed by atoms with E-state index >= 15 is 0 Å². The number of hydrogen-bond donors (Lipinski definition) is 1. The summed E-state index contributed by atoms with van der Waals surface area (Å²) in [6, 6.07) is 0.616. The second-order valence-corrected chi connectivity index (χ2v) is 4.61. The molecule has 17 heavy (non-hydrogen) atoms. The summed E-state index contributed by atoms with van der Waals surface area (Å²) in [5, 5.41) is 11.4. The van der Waals surface area contributed by atoms with Crippen molar-refractivity contribution in [1.82, 2.24) is 20.1 Å². The van der Waals surface area contributed by atoms with Crippen LogP contribution in [0.1, 0.15) is 31.2 Å². The molecule has 1 aliphatic rings. The van der Waals surface area contributed by atoms with E-state index < -0.39 is 0 Å². The standard InChI is InChI=1S/C12H21N5/c1-4-17-7-5-6-11(17)8-13-12-14-9(2)10(3)15-16-12/h11H,4-8H2,1-3H3,(H,13,14,16). The summed E-state index contributed by atoms with van der Waals surface area (Å²) >= 11 is 0. The molecule has 1 unspecified atom stereocenters. The van der Waals surface area contributed by atoms with Crippen LogP contribution in [-0.2, 0) is 0 Å². The van der Waals surface area contributed by atoms with Gasteiger partial charge in [-0.2, -0.15) is 5.10 Å². The average molecular weight is 235 g/mol. The lowest BCUT2D eigenvalue weighted by Gasteiger charge is -2.22. The molecule has 1 aromatic rings. The first-order valence-corrected chi connectivity index (χ1v) is 6.36. The van der Waals surface area contributed by atoms with E-state index in [4.69, 9.17) is 0 Å². The number of nitrogens with one attached hydrogen (secondary N) is 1. The molecular formula is C12H21N5. The largest absolute Gasteiger partial charge is 0.351 e. The highest BCUT2D eigenvalue weighted by molar-refractivity contribution is 5.25. The minimum Gasteiger partial charge on any atom is -0.351 e. The Balaban J connectivity index is 1.91. The third-order valence-electron chi connectivity index (χ3n) is 3.49. The van der Waals surface area contributed by atoms with E-state index in [1.54, 1.807) is 0 Å². The number of aromatic nitrogens is 3. The smallest absolute Gasteiger partial charge is 0.243 e. The molecule has 1 fully saturated rings. The van der Waals surface area contributed by atoms with Crippen molar-refractivity contribution in [1.29, 1.82) is 0 Å². The van der Waals surface area contributed by atoms with E-state index in [1.165, 1.54) is 19.4 Å². The van der Waals surface area contributed by atoms with Gasteiger partial charge in [0.25, 0.3) is 0 Å². The summed E-state index contributed by atoms with van der Waals surface area (Å²) in [7, 11) is 0. The molecule has 2 rings (SSSR count). The zero-order chi connectivity index (χ0) is 12.3.